The van der Waals surface area contributed by atoms with Crippen LogP contribution < -0.4 is 5.14 Å². The van der Waals surface area contributed by atoms with Crippen LogP contribution in [0.25, 0.3) is 0 Å². The van der Waals surface area contributed by atoms with Crippen molar-refractivity contribution in [3.63, 3.8) is 0 Å². The van der Waals surface area contributed by atoms with Gasteiger partial charge in [-0.15, -0.1) is 0 Å². The molecule has 0 saturated heterocycles. The summed E-state index contributed by atoms with van der Waals surface area (Å²) in [6.07, 6.45) is 1.14. The molecule has 1 aliphatic carbocycles. The van der Waals surface area contributed by atoms with Crippen LogP contribution in [0.1, 0.15) is 29.3 Å². The van der Waals surface area contributed by atoms with Gasteiger partial charge in [0.25, 0.3) is 5.91 Å². The Bertz CT molecular complexity index is 688. The number of hydrogen-bond donors (Lipinski definition) is 1. The SMILES string of the molecule is Cc1c(C(=O)N(C)CC2CC2C)cc(Br)cc1S(N)(=O)=O. The van der Waals surface area contributed by atoms with Crippen molar-refractivity contribution in [3.05, 3.63) is 27.7 Å². The van der Waals surface area contributed by atoms with Gasteiger partial charge in [0, 0.05) is 23.6 Å². The molecular weight excluding hydrogens is 356 g/mol. The van der Waals surface area contributed by atoms with Crippen LogP contribution in [-0.2, 0) is 10.0 Å². The third-order valence-electron chi connectivity index (χ3n) is 3.99. The molecule has 0 radical (unpaired) electrons. The van der Waals surface area contributed by atoms with E-state index >= 15 is 0 Å². The number of rotatable bonds is 4. The number of nitrogens with two attached hydrogens (primary N) is 1. The smallest absolute Gasteiger partial charge is 0.253 e. The number of carbonyl (C=O) groups excluding carboxylic acids is 1. The van der Waals surface area contributed by atoms with Gasteiger partial charge in [0.2, 0.25) is 10.0 Å². The normalized spacial score (nSPS) is 21.2. The summed E-state index contributed by atoms with van der Waals surface area (Å²) in [4.78, 5) is 14.2. The van der Waals surface area contributed by atoms with Crippen LogP contribution in [0.5, 0.6) is 0 Å². The van der Waals surface area contributed by atoms with Crippen LogP contribution in [0, 0.1) is 18.8 Å². The number of amides is 1. The summed E-state index contributed by atoms with van der Waals surface area (Å²) < 4.78 is 23.7. The minimum absolute atomic E-state index is 0.0200. The van der Waals surface area contributed by atoms with E-state index in [-0.39, 0.29) is 10.8 Å². The lowest BCUT2D eigenvalue weighted by atomic mass is 10.1. The molecule has 1 aromatic carbocycles. The van der Waals surface area contributed by atoms with E-state index in [0.717, 1.165) is 6.42 Å². The van der Waals surface area contributed by atoms with Crippen LogP contribution >= 0.6 is 15.9 Å². The van der Waals surface area contributed by atoms with E-state index in [1.807, 2.05) is 0 Å². The zero-order chi connectivity index (χ0) is 15.9. The van der Waals surface area contributed by atoms with Gasteiger partial charge < -0.3 is 4.90 Å². The molecule has 0 bridgehead atoms. The third kappa shape index (κ3) is 3.64. The van der Waals surface area contributed by atoms with Crippen molar-refractivity contribution in [2.24, 2.45) is 17.0 Å². The standard InChI is InChI=1S/C14H19BrN2O3S/c1-8-4-10(8)7-17(3)14(18)12-5-11(15)6-13(9(12)2)21(16,19)20/h5-6,8,10H,4,7H2,1-3H3,(H2,16,19,20). The van der Waals surface area contributed by atoms with Gasteiger partial charge in [0.15, 0.2) is 0 Å². The Morgan fingerprint density at radius 2 is 2.05 bits per heavy atom. The summed E-state index contributed by atoms with van der Waals surface area (Å²) in [7, 11) is -2.12. The second-order valence-corrected chi connectivity index (χ2v) is 8.23. The van der Waals surface area contributed by atoms with Crippen LogP contribution in [0.3, 0.4) is 0 Å². The van der Waals surface area contributed by atoms with Crippen LogP contribution in [0.2, 0.25) is 0 Å². The molecule has 7 heteroatoms. The van der Waals surface area contributed by atoms with Crippen molar-refractivity contribution < 1.29 is 13.2 Å². The largest absolute Gasteiger partial charge is 0.341 e. The Balaban J connectivity index is 2.34. The van der Waals surface area contributed by atoms with Crippen molar-refractivity contribution in [2.75, 3.05) is 13.6 Å². The van der Waals surface area contributed by atoms with Gasteiger partial charge in [-0.3, -0.25) is 4.79 Å². The van der Waals surface area contributed by atoms with E-state index in [2.05, 4.69) is 22.9 Å². The van der Waals surface area contributed by atoms with E-state index in [1.165, 1.54) is 6.07 Å². The summed E-state index contributed by atoms with van der Waals surface area (Å²) >= 11 is 3.24. The average Bonchev–Trinajstić information content (AvgIpc) is 3.05. The molecule has 1 saturated carbocycles. The molecule has 1 fully saturated rings. The lowest BCUT2D eigenvalue weighted by Crippen LogP contribution is -2.30. The minimum Gasteiger partial charge on any atom is -0.341 e. The minimum atomic E-state index is -3.86. The Kier molecular flexibility index (Phi) is 4.46. The molecule has 21 heavy (non-hydrogen) atoms. The maximum absolute atomic E-state index is 12.5. The number of nitrogens with zero attached hydrogens (tertiary/aromatic N) is 1. The Hall–Kier alpha value is -0.920. The van der Waals surface area contributed by atoms with Crippen molar-refractivity contribution in [3.8, 4) is 0 Å². The molecule has 2 unspecified atom stereocenters. The first-order valence-electron chi connectivity index (χ1n) is 6.69. The fourth-order valence-electron chi connectivity index (χ4n) is 2.47. The average molecular weight is 375 g/mol. The predicted octanol–water partition coefficient (Wildman–Crippen LogP) is 2.13. The second kappa shape index (κ2) is 5.70. The van der Waals surface area contributed by atoms with E-state index in [4.69, 9.17) is 5.14 Å². The summed E-state index contributed by atoms with van der Waals surface area (Å²) in [5, 5.41) is 5.21. The topological polar surface area (TPSA) is 80.5 Å². The zero-order valence-corrected chi connectivity index (χ0v) is 14.7. The summed E-state index contributed by atoms with van der Waals surface area (Å²) in [5.41, 5.74) is 0.755. The van der Waals surface area contributed by atoms with Gasteiger partial charge in [-0.25, -0.2) is 13.6 Å². The summed E-state index contributed by atoms with van der Waals surface area (Å²) in [6.45, 7) is 4.45. The van der Waals surface area contributed by atoms with Crippen LogP contribution in [0.15, 0.2) is 21.5 Å². The molecule has 5 nitrogen and oxygen atoms in total. The van der Waals surface area contributed by atoms with Gasteiger partial charge in [-0.1, -0.05) is 22.9 Å². The van der Waals surface area contributed by atoms with Crippen molar-refractivity contribution in [2.45, 2.75) is 25.2 Å². The molecule has 1 aromatic rings. The molecular formula is C14H19BrN2O3S. The number of primary sulfonamides is 1. The molecule has 1 aliphatic rings. The molecule has 0 aromatic heterocycles. The Morgan fingerprint density at radius 3 is 2.52 bits per heavy atom. The molecule has 2 atom stereocenters. The van der Waals surface area contributed by atoms with Crippen LogP contribution in [0.4, 0.5) is 0 Å². The Morgan fingerprint density at radius 1 is 1.48 bits per heavy atom. The van der Waals surface area contributed by atoms with E-state index in [1.54, 1.807) is 24.9 Å². The highest BCUT2D eigenvalue weighted by Gasteiger charge is 2.34. The first-order chi connectivity index (χ1) is 9.61. The van der Waals surface area contributed by atoms with Crippen LogP contribution in [-0.4, -0.2) is 32.8 Å². The number of carbonyl (C=O) groups is 1. The molecule has 0 heterocycles. The third-order valence-corrected chi connectivity index (χ3v) is 5.49. The maximum atomic E-state index is 12.5. The van der Waals surface area contributed by atoms with Gasteiger partial charge >= 0.3 is 0 Å². The molecule has 2 rings (SSSR count). The fraction of sp³-hybridized carbons (Fsp3) is 0.500. The lowest BCUT2D eigenvalue weighted by molar-refractivity contribution is 0.0786. The number of hydrogen-bond acceptors (Lipinski definition) is 3. The first kappa shape index (κ1) is 16.5. The highest BCUT2D eigenvalue weighted by Crippen LogP contribution is 2.38. The molecule has 1 amide bonds. The zero-order valence-electron chi connectivity index (χ0n) is 12.3. The Labute approximate surface area is 133 Å². The van der Waals surface area contributed by atoms with E-state index in [0.29, 0.717) is 34.0 Å². The predicted molar refractivity (Wildman–Crippen MR) is 84.5 cm³/mol. The highest BCUT2D eigenvalue weighted by atomic mass is 79.9. The summed E-state index contributed by atoms with van der Waals surface area (Å²) in [5.74, 6) is 1.02. The quantitative estimate of drug-likeness (QED) is 0.876. The van der Waals surface area contributed by atoms with Gasteiger partial charge in [-0.2, -0.15) is 0 Å². The van der Waals surface area contributed by atoms with Gasteiger partial charge in [0.05, 0.1) is 4.90 Å². The number of halogens is 1. The van der Waals surface area contributed by atoms with E-state index < -0.39 is 10.0 Å². The second-order valence-electron chi connectivity index (χ2n) is 5.78. The van der Waals surface area contributed by atoms with Gasteiger partial charge in [-0.05, 0) is 42.9 Å². The lowest BCUT2D eigenvalue weighted by Gasteiger charge is -2.19. The van der Waals surface area contributed by atoms with Crippen molar-refractivity contribution in [1.82, 2.24) is 4.90 Å². The van der Waals surface area contributed by atoms with E-state index in [9.17, 15) is 13.2 Å². The molecule has 2 N–H and O–H groups in total. The number of sulfonamides is 1. The summed E-state index contributed by atoms with van der Waals surface area (Å²) in [6, 6.07) is 3.06. The van der Waals surface area contributed by atoms with Crippen molar-refractivity contribution in [1.29, 1.82) is 0 Å². The molecule has 116 valence electrons. The van der Waals surface area contributed by atoms with Gasteiger partial charge in [0.1, 0.15) is 0 Å². The monoisotopic (exact) mass is 374 g/mol. The number of benzene rings is 1. The maximum Gasteiger partial charge on any atom is 0.253 e. The van der Waals surface area contributed by atoms with Crippen molar-refractivity contribution >= 4 is 31.9 Å². The highest BCUT2D eigenvalue weighted by molar-refractivity contribution is 9.10. The fourth-order valence-corrected chi connectivity index (χ4v) is 3.90. The first-order valence-corrected chi connectivity index (χ1v) is 9.03. The molecule has 0 spiro atoms. The molecule has 0 aliphatic heterocycles.